The molecule has 16 heavy (non-hydrogen) atoms. The van der Waals surface area contributed by atoms with E-state index in [2.05, 4.69) is 59.7 Å². The molecular formula is C13H18N2S. The first-order valence-corrected chi connectivity index (χ1v) is 6.59. The van der Waals surface area contributed by atoms with Gasteiger partial charge < -0.3 is 9.88 Å². The Morgan fingerprint density at radius 3 is 3.00 bits per heavy atom. The minimum atomic E-state index is 0.439. The summed E-state index contributed by atoms with van der Waals surface area (Å²) in [6, 6.07) is 6.92. The predicted octanol–water partition coefficient (Wildman–Crippen LogP) is 3.27. The Balaban J connectivity index is 2.02. The number of nitrogens with zero attached hydrogens (tertiary/aromatic N) is 1. The molecule has 86 valence electrons. The van der Waals surface area contributed by atoms with E-state index in [9.17, 15) is 0 Å². The van der Waals surface area contributed by atoms with Crippen molar-refractivity contribution in [3.05, 3.63) is 46.4 Å². The molecule has 0 saturated heterocycles. The lowest BCUT2D eigenvalue weighted by molar-refractivity contribution is 0.596. The first-order valence-electron chi connectivity index (χ1n) is 5.71. The molecule has 0 fully saturated rings. The van der Waals surface area contributed by atoms with Gasteiger partial charge in [0, 0.05) is 23.3 Å². The van der Waals surface area contributed by atoms with Crippen LogP contribution < -0.4 is 5.32 Å². The summed E-state index contributed by atoms with van der Waals surface area (Å²) in [7, 11) is 0. The van der Waals surface area contributed by atoms with Gasteiger partial charge in [-0.1, -0.05) is 13.0 Å². The normalized spacial score (nSPS) is 12.9. The van der Waals surface area contributed by atoms with Crippen LogP contribution in [0.25, 0.3) is 0 Å². The zero-order chi connectivity index (χ0) is 11.4. The fourth-order valence-corrected chi connectivity index (χ4v) is 2.53. The van der Waals surface area contributed by atoms with Crippen LogP contribution in [-0.4, -0.2) is 11.1 Å². The van der Waals surface area contributed by atoms with Gasteiger partial charge in [-0.25, -0.2) is 0 Å². The molecule has 0 spiro atoms. The maximum atomic E-state index is 3.42. The van der Waals surface area contributed by atoms with Crippen LogP contribution in [0.4, 0.5) is 0 Å². The van der Waals surface area contributed by atoms with E-state index in [1.54, 1.807) is 0 Å². The molecule has 1 N–H and O–H groups in total. The summed E-state index contributed by atoms with van der Waals surface area (Å²) in [6.07, 6.45) is 4.38. The molecule has 0 bridgehead atoms. The molecule has 0 aliphatic rings. The highest BCUT2D eigenvalue weighted by Gasteiger charge is 2.05. The van der Waals surface area contributed by atoms with Crippen LogP contribution in [0.1, 0.15) is 30.3 Å². The SMILES string of the molecule is CCNC(C)c1ccn(Cc2cccs2)c1. The van der Waals surface area contributed by atoms with Crippen LogP contribution in [0, 0.1) is 0 Å². The zero-order valence-electron chi connectivity index (χ0n) is 9.81. The van der Waals surface area contributed by atoms with Crippen molar-refractivity contribution in [3.63, 3.8) is 0 Å². The molecule has 0 aliphatic heterocycles. The third kappa shape index (κ3) is 2.74. The Morgan fingerprint density at radius 1 is 1.44 bits per heavy atom. The van der Waals surface area contributed by atoms with Gasteiger partial charge in [-0.3, -0.25) is 0 Å². The smallest absolute Gasteiger partial charge is 0.0563 e. The maximum absolute atomic E-state index is 3.42. The van der Waals surface area contributed by atoms with Crippen LogP contribution in [0.2, 0.25) is 0 Å². The second-order valence-corrected chi connectivity index (χ2v) is 5.01. The largest absolute Gasteiger partial charge is 0.349 e. The lowest BCUT2D eigenvalue weighted by Gasteiger charge is -2.09. The first kappa shape index (κ1) is 11.4. The van der Waals surface area contributed by atoms with E-state index in [4.69, 9.17) is 0 Å². The van der Waals surface area contributed by atoms with E-state index in [1.165, 1.54) is 10.4 Å². The van der Waals surface area contributed by atoms with Crippen molar-refractivity contribution in [1.82, 2.24) is 9.88 Å². The van der Waals surface area contributed by atoms with E-state index >= 15 is 0 Å². The Labute approximate surface area is 101 Å². The molecule has 2 nitrogen and oxygen atoms in total. The maximum Gasteiger partial charge on any atom is 0.0563 e. The van der Waals surface area contributed by atoms with E-state index in [0.717, 1.165) is 13.1 Å². The fourth-order valence-electron chi connectivity index (χ4n) is 1.82. The van der Waals surface area contributed by atoms with Crippen molar-refractivity contribution in [3.8, 4) is 0 Å². The van der Waals surface area contributed by atoms with Gasteiger partial charge in [0.25, 0.3) is 0 Å². The number of hydrogen-bond donors (Lipinski definition) is 1. The van der Waals surface area contributed by atoms with Gasteiger partial charge in [-0.2, -0.15) is 0 Å². The summed E-state index contributed by atoms with van der Waals surface area (Å²) >= 11 is 1.81. The highest BCUT2D eigenvalue weighted by Crippen LogP contribution is 2.15. The molecule has 1 atom stereocenters. The van der Waals surface area contributed by atoms with Crippen LogP contribution in [0.15, 0.2) is 36.0 Å². The van der Waals surface area contributed by atoms with Crippen molar-refractivity contribution in [2.24, 2.45) is 0 Å². The average Bonchev–Trinajstić information content (AvgIpc) is 2.90. The molecule has 2 aromatic rings. The Kier molecular flexibility index (Phi) is 3.80. The lowest BCUT2D eigenvalue weighted by atomic mass is 10.2. The molecule has 1 unspecified atom stereocenters. The van der Waals surface area contributed by atoms with Crippen LogP contribution in [0.3, 0.4) is 0 Å². The van der Waals surface area contributed by atoms with E-state index < -0.39 is 0 Å². The van der Waals surface area contributed by atoms with Gasteiger partial charge in [0.05, 0.1) is 6.54 Å². The quantitative estimate of drug-likeness (QED) is 0.840. The van der Waals surface area contributed by atoms with E-state index in [-0.39, 0.29) is 0 Å². The number of hydrogen-bond acceptors (Lipinski definition) is 2. The third-order valence-electron chi connectivity index (χ3n) is 2.70. The Bertz CT molecular complexity index is 417. The highest BCUT2D eigenvalue weighted by atomic mass is 32.1. The van der Waals surface area contributed by atoms with Crippen molar-refractivity contribution in [2.75, 3.05) is 6.54 Å². The number of nitrogens with one attached hydrogen (secondary N) is 1. The Hall–Kier alpha value is -1.06. The molecular weight excluding hydrogens is 216 g/mol. The minimum Gasteiger partial charge on any atom is -0.349 e. The van der Waals surface area contributed by atoms with Crippen LogP contribution in [0.5, 0.6) is 0 Å². The molecule has 2 heterocycles. The van der Waals surface area contributed by atoms with Gasteiger partial charge in [-0.05, 0) is 36.5 Å². The Morgan fingerprint density at radius 2 is 2.31 bits per heavy atom. The molecule has 0 aromatic carbocycles. The van der Waals surface area contributed by atoms with E-state index in [1.807, 2.05) is 11.3 Å². The molecule has 0 aliphatic carbocycles. The second-order valence-electron chi connectivity index (χ2n) is 3.98. The van der Waals surface area contributed by atoms with Crippen molar-refractivity contribution in [2.45, 2.75) is 26.4 Å². The summed E-state index contributed by atoms with van der Waals surface area (Å²) in [4.78, 5) is 1.40. The molecule has 2 aromatic heterocycles. The summed E-state index contributed by atoms with van der Waals surface area (Å²) in [5, 5.41) is 5.55. The van der Waals surface area contributed by atoms with Gasteiger partial charge in [-0.15, -0.1) is 11.3 Å². The molecule has 3 heteroatoms. The van der Waals surface area contributed by atoms with Crippen LogP contribution in [-0.2, 0) is 6.54 Å². The summed E-state index contributed by atoms with van der Waals surface area (Å²) in [6.45, 7) is 6.33. The zero-order valence-corrected chi connectivity index (χ0v) is 10.6. The summed E-state index contributed by atoms with van der Waals surface area (Å²) in [5.74, 6) is 0. The molecule has 0 radical (unpaired) electrons. The van der Waals surface area contributed by atoms with Gasteiger partial charge in [0.1, 0.15) is 0 Å². The molecule has 2 rings (SSSR count). The van der Waals surface area contributed by atoms with Crippen molar-refractivity contribution in [1.29, 1.82) is 0 Å². The van der Waals surface area contributed by atoms with Crippen molar-refractivity contribution >= 4 is 11.3 Å². The minimum absolute atomic E-state index is 0.439. The molecule has 0 saturated carbocycles. The number of rotatable bonds is 5. The average molecular weight is 234 g/mol. The fraction of sp³-hybridized carbons (Fsp3) is 0.385. The monoisotopic (exact) mass is 234 g/mol. The van der Waals surface area contributed by atoms with E-state index in [0.29, 0.717) is 6.04 Å². The van der Waals surface area contributed by atoms with Crippen LogP contribution >= 0.6 is 11.3 Å². The number of aromatic nitrogens is 1. The lowest BCUT2D eigenvalue weighted by Crippen LogP contribution is -2.17. The predicted molar refractivity (Wildman–Crippen MR) is 69.9 cm³/mol. The molecule has 0 amide bonds. The number of thiophene rings is 1. The van der Waals surface area contributed by atoms with Gasteiger partial charge in [0.2, 0.25) is 0 Å². The summed E-state index contributed by atoms with van der Waals surface area (Å²) in [5.41, 5.74) is 1.36. The highest BCUT2D eigenvalue weighted by molar-refractivity contribution is 7.09. The van der Waals surface area contributed by atoms with Gasteiger partial charge >= 0.3 is 0 Å². The van der Waals surface area contributed by atoms with Gasteiger partial charge in [0.15, 0.2) is 0 Å². The first-order chi connectivity index (χ1) is 7.79. The van der Waals surface area contributed by atoms with Crippen molar-refractivity contribution < 1.29 is 0 Å². The second kappa shape index (κ2) is 5.32. The standard InChI is InChI=1S/C13H18N2S/c1-3-14-11(2)12-6-7-15(9-12)10-13-5-4-8-16-13/h4-9,11,14H,3,10H2,1-2H3. The summed E-state index contributed by atoms with van der Waals surface area (Å²) < 4.78 is 2.25. The third-order valence-corrected chi connectivity index (χ3v) is 3.56. The topological polar surface area (TPSA) is 17.0 Å².